The molecule has 2 aromatic rings. The number of aryl methyl sites for hydroxylation is 1. The maximum absolute atomic E-state index is 11.3. The van der Waals surface area contributed by atoms with Crippen molar-refractivity contribution < 1.29 is 9.32 Å². The van der Waals surface area contributed by atoms with Crippen molar-refractivity contribution in [3.8, 4) is 0 Å². The Kier molecular flexibility index (Phi) is 3.05. The summed E-state index contributed by atoms with van der Waals surface area (Å²) < 4.78 is 5.87. The van der Waals surface area contributed by atoms with Crippen LogP contribution in [-0.4, -0.2) is 20.6 Å². The molecule has 2 aromatic heterocycles. The van der Waals surface area contributed by atoms with Crippen molar-refractivity contribution in [2.45, 2.75) is 20.4 Å². The average molecular weight is 254 g/mol. The molecule has 0 unspecified atom stereocenters. The molecule has 0 fully saturated rings. The summed E-state index contributed by atoms with van der Waals surface area (Å²) in [4.78, 5) is 26.3. The van der Waals surface area contributed by atoms with Crippen LogP contribution in [0, 0.1) is 6.92 Å². The first-order valence-corrected chi connectivity index (χ1v) is 5.69. The number of anilines is 1. The summed E-state index contributed by atoms with van der Waals surface area (Å²) in [5, 5.41) is 8.40. The van der Waals surface area contributed by atoms with Gasteiger partial charge in [-0.05, 0) is 6.92 Å². The molecular weight excluding hydrogens is 244 g/mol. The van der Waals surface area contributed by atoms with Crippen molar-refractivity contribution >= 4 is 22.4 Å². The summed E-state index contributed by atoms with van der Waals surface area (Å²) in [6.07, 6.45) is 0. The van der Waals surface area contributed by atoms with Crippen LogP contribution in [0.5, 0.6) is 0 Å². The van der Waals surface area contributed by atoms with Gasteiger partial charge in [0.05, 0.1) is 12.2 Å². The number of aromatic nitrogens is 3. The lowest BCUT2D eigenvalue weighted by molar-refractivity contribution is -0.114. The van der Waals surface area contributed by atoms with E-state index in [9.17, 15) is 9.59 Å². The fraction of sp³-hybridized carbons (Fsp3) is 0.333. The van der Waals surface area contributed by atoms with E-state index in [1.165, 1.54) is 22.8 Å². The van der Waals surface area contributed by atoms with Crippen molar-refractivity contribution in [3.05, 3.63) is 27.4 Å². The van der Waals surface area contributed by atoms with Gasteiger partial charge >= 0.3 is 5.76 Å². The monoisotopic (exact) mass is 254 g/mol. The lowest BCUT2D eigenvalue weighted by atomic mass is 10.5. The number of nitrogens with zero attached hydrogens (tertiary/aromatic N) is 3. The van der Waals surface area contributed by atoms with Crippen molar-refractivity contribution in [1.82, 2.24) is 14.7 Å². The number of rotatable bonds is 3. The highest BCUT2D eigenvalue weighted by atomic mass is 32.1. The minimum Gasteiger partial charge on any atom is -0.302 e. The Morgan fingerprint density at radius 3 is 3.00 bits per heavy atom. The molecule has 0 atom stereocenters. The zero-order chi connectivity index (χ0) is 12.4. The summed E-state index contributed by atoms with van der Waals surface area (Å²) >= 11 is 1.30. The van der Waals surface area contributed by atoms with Crippen LogP contribution in [0.2, 0.25) is 0 Å². The smallest absolute Gasteiger partial charge is 0.302 e. The van der Waals surface area contributed by atoms with Gasteiger partial charge in [0, 0.05) is 12.3 Å². The topological polar surface area (TPSA) is 90.0 Å². The highest BCUT2D eigenvalue weighted by molar-refractivity contribution is 7.13. The van der Waals surface area contributed by atoms with Crippen LogP contribution >= 0.6 is 11.3 Å². The van der Waals surface area contributed by atoms with Gasteiger partial charge in [-0.25, -0.2) is 9.78 Å². The van der Waals surface area contributed by atoms with Crippen LogP contribution in [0.3, 0.4) is 0 Å². The summed E-state index contributed by atoms with van der Waals surface area (Å²) in [5.41, 5.74) is 0.673. The van der Waals surface area contributed by atoms with Crippen LogP contribution < -0.4 is 11.1 Å². The Labute approximate surface area is 100 Å². The molecule has 90 valence electrons. The van der Waals surface area contributed by atoms with Gasteiger partial charge < -0.3 is 5.32 Å². The predicted octanol–water partition coefficient (Wildman–Crippen LogP) is 0.608. The third-order valence-electron chi connectivity index (χ3n) is 2.02. The van der Waals surface area contributed by atoms with Gasteiger partial charge in [-0.1, -0.05) is 5.16 Å². The molecule has 0 saturated heterocycles. The van der Waals surface area contributed by atoms with Gasteiger partial charge in [-0.3, -0.25) is 13.9 Å². The number of carbonyl (C=O) groups is 1. The fourth-order valence-corrected chi connectivity index (χ4v) is 2.01. The molecule has 0 aliphatic rings. The van der Waals surface area contributed by atoms with E-state index >= 15 is 0 Å². The first-order chi connectivity index (χ1) is 8.06. The summed E-state index contributed by atoms with van der Waals surface area (Å²) in [7, 11) is 0. The maximum atomic E-state index is 11.3. The lowest BCUT2D eigenvalue weighted by Gasteiger charge is -1.97. The normalized spacial score (nSPS) is 10.5. The molecule has 8 heteroatoms. The zero-order valence-electron chi connectivity index (χ0n) is 9.26. The molecule has 0 bridgehead atoms. The Hall–Kier alpha value is -1.96. The molecule has 2 heterocycles. The van der Waals surface area contributed by atoms with Crippen molar-refractivity contribution in [2.24, 2.45) is 0 Å². The first kappa shape index (κ1) is 11.5. The van der Waals surface area contributed by atoms with E-state index in [-0.39, 0.29) is 12.5 Å². The van der Waals surface area contributed by atoms with E-state index in [1.54, 1.807) is 12.3 Å². The van der Waals surface area contributed by atoms with Crippen LogP contribution in [0.25, 0.3) is 0 Å². The lowest BCUT2D eigenvalue weighted by Crippen LogP contribution is -2.16. The molecule has 0 aromatic carbocycles. The minimum absolute atomic E-state index is 0.177. The van der Waals surface area contributed by atoms with E-state index in [0.717, 1.165) is 0 Å². The number of hydrogen-bond donors (Lipinski definition) is 1. The molecule has 0 aliphatic heterocycles. The second-order valence-electron chi connectivity index (χ2n) is 3.41. The van der Waals surface area contributed by atoms with E-state index in [2.05, 4.69) is 20.0 Å². The molecule has 2 rings (SSSR count). The molecule has 1 amide bonds. The third kappa shape index (κ3) is 2.59. The van der Waals surface area contributed by atoms with E-state index in [0.29, 0.717) is 16.6 Å². The summed E-state index contributed by atoms with van der Waals surface area (Å²) in [6, 6.07) is 0. The zero-order valence-corrected chi connectivity index (χ0v) is 10.1. The molecule has 0 saturated carbocycles. The number of thiazole rings is 1. The van der Waals surface area contributed by atoms with Crippen LogP contribution in [0.15, 0.2) is 14.7 Å². The Balaban J connectivity index is 2.17. The predicted molar refractivity (Wildman–Crippen MR) is 61.0 cm³/mol. The minimum atomic E-state index is -0.517. The molecule has 1 N–H and O–H groups in total. The van der Waals surface area contributed by atoms with E-state index in [4.69, 9.17) is 0 Å². The van der Waals surface area contributed by atoms with Crippen molar-refractivity contribution in [2.75, 3.05) is 5.32 Å². The van der Waals surface area contributed by atoms with Crippen molar-refractivity contribution in [1.29, 1.82) is 0 Å². The third-order valence-corrected chi connectivity index (χ3v) is 2.83. The number of hydrogen-bond acceptors (Lipinski definition) is 6. The van der Waals surface area contributed by atoms with Gasteiger partial charge in [0.2, 0.25) is 5.91 Å². The van der Waals surface area contributed by atoms with Crippen LogP contribution in [-0.2, 0) is 11.3 Å². The van der Waals surface area contributed by atoms with Gasteiger partial charge in [-0.15, -0.1) is 11.3 Å². The molecule has 0 radical (unpaired) electrons. The second-order valence-corrected chi connectivity index (χ2v) is 4.27. The van der Waals surface area contributed by atoms with E-state index < -0.39 is 5.76 Å². The SMILES string of the molecule is CC(=O)Nc1nc(Cn2c(C)noc2=O)cs1. The Bertz CT molecular complexity index is 597. The highest BCUT2D eigenvalue weighted by Gasteiger charge is 2.09. The second kappa shape index (κ2) is 4.50. The highest BCUT2D eigenvalue weighted by Crippen LogP contribution is 2.15. The van der Waals surface area contributed by atoms with Gasteiger partial charge in [0.1, 0.15) is 0 Å². The summed E-state index contributed by atoms with van der Waals surface area (Å²) in [6.45, 7) is 3.37. The largest absolute Gasteiger partial charge is 0.441 e. The van der Waals surface area contributed by atoms with Gasteiger partial charge in [-0.2, -0.15) is 0 Å². The number of carbonyl (C=O) groups excluding carboxylic acids is 1. The Morgan fingerprint density at radius 1 is 1.65 bits per heavy atom. The first-order valence-electron chi connectivity index (χ1n) is 4.81. The van der Waals surface area contributed by atoms with Crippen LogP contribution in [0.4, 0.5) is 5.13 Å². The number of amides is 1. The molecule has 0 aliphatic carbocycles. The number of nitrogens with one attached hydrogen (secondary N) is 1. The van der Waals surface area contributed by atoms with E-state index in [1.807, 2.05) is 0 Å². The molecular formula is C9H10N4O3S. The molecule has 7 nitrogen and oxygen atoms in total. The molecule has 0 spiro atoms. The standard InChI is InChI=1S/C9H10N4O3S/c1-5-12-16-9(15)13(5)3-7-4-17-8(11-7)10-6(2)14/h4H,3H2,1-2H3,(H,10,11,14). The maximum Gasteiger partial charge on any atom is 0.441 e. The quantitative estimate of drug-likeness (QED) is 0.866. The fourth-order valence-electron chi connectivity index (χ4n) is 1.26. The van der Waals surface area contributed by atoms with Crippen LogP contribution in [0.1, 0.15) is 18.4 Å². The van der Waals surface area contributed by atoms with Crippen molar-refractivity contribution in [3.63, 3.8) is 0 Å². The molecule has 17 heavy (non-hydrogen) atoms. The van der Waals surface area contributed by atoms with Gasteiger partial charge in [0.15, 0.2) is 11.0 Å². The Morgan fingerprint density at radius 2 is 2.41 bits per heavy atom. The average Bonchev–Trinajstić information content (AvgIpc) is 2.79. The van der Waals surface area contributed by atoms with Gasteiger partial charge in [0.25, 0.3) is 0 Å². The summed E-state index contributed by atoms with van der Waals surface area (Å²) in [5.74, 6) is -0.204.